The number of carboxylic acids is 1. The van der Waals surface area contributed by atoms with E-state index in [4.69, 9.17) is 9.84 Å². The van der Waals surface area contributed by atoms with E-state index in [9.17, 15) is 4.79 Å². The van der Waals surface area contributed by atoms with Crippen molar-refractivity contribution in [1.82, 2.24) is 0 Å². The molecule has 0 heterocycles. The fourth-order valence-electron chi connectivity index (χ4n) is 1.57. The van der Waals surface area contributed by atoms with Crippen LogP contribution in [0.1, 0.15) is 56.0 Å². The quantitative estimate of drug-likeness (QED) is 0.832. The second kappa shape index (κ2) is 6.43. The molecule has 0 aromatic heterocycles. The number of hydrogen-bond acceptors (Lipinski definition) is 2. The maximum absolute atomic E-state index is 11.1. The van der Waals surface area contributed by atoms with Gasteiger partial charge < -0.3 is 9.84 Å². The van der Waals surface area contributed by atoms with Crippen molar-refractivity contribution < 1.29 is 14.6 Å². The Morgan fingerprint density at radius 1 is 1.22 bits per heavy atom. The Balaban J connectivity index is 2.86. The van der Waals surface area contributed by atoms with Crippen LogP contribution in [0.3, 0.4) is 0 Å². The molecular weight excluding hydrogens is 228 g/mol. The first kappa shape index (κ1) is 14.6. The number of ether oxygens (including phenoxy) is 1. The van der Waals surface area contributed by atoms with E-state index in [1.165, 1.54) is 0 Å². The van der Waals surface area contributed by atoms with Crippen molar-refractivity contribution in [3.8, 4) is 5.75 Å². The predicted octanol–water partition coefficient (Wildman–Crippen LogP) is 3.93. The fourth-order valence-corrected chi connectivity index (χ4v) is 1.57. The van der Waals surface area contributed by atoms with Crippen molar-refractivity contribution in [1.29, 1.82) is 0 Å². The first-order valence-corrected chi connectivity index (χ1v) is 6.41. The summed E-state index contributed by atoms with van der Waals surface area (Å²) in [5.74, 6) is 0.611. The molecule has 0 fully saturated rings. The van der Waals surface area contributed by atoms with Gasteiger partial charge in [-0.15, -0.1) is 0 Å². The molecule has 0 amide bonds. The molecule has 100 valence electrons. The van der Waals surface area contributed by atoms with Gasteiger partial charge in [-0.05, 0) is 42.0 Å². The molecule has 0 aliphatic rings. The molecule has 1 aromatic carbocycles. The van der Waals surface area contributed by atoms with Crippen LogP contribution in [-0.2, 0) is 0 Å². The van der Waals surface area contributed by atoms with Crippen LogP contribution in [-0.4, -0.2) is 17.7 Å². The van der Waals surface area contributed by atoms with Crippen molar-refractivity contribution in [2.24, 2.45) is 5.92 Å². The van der Waals surface area contributed by atoms with Crippen LogP contribution >= 0.6 is 0 Å². The Morgan fingerprint density at radius 3 is 2.39 bits per heavy atom. The van der Waals surface area contributed by atoms with Crippen LogP contribution in [0.25, 0.3) is 0 Å². The third-order valence-electron chi connectivity index (χ3n) is 2.81. The van der Waals surface area contributed by atoms with Gasteiger partial charge in [-0.2, -0.15) is 0 Å². The van der Waals surface area contributed by atoms with Crippen molar-refractivity contribution >= 4 is 5.97 Å². The zero-order valence-electron chi connectivity index (χ0n) is 11.6. The SMILES string of the molecule is CC(C)CCOc1cc(C(=O)O)cc(C(C)C)c1. The second-order valence-electron chi connectivity index (χ2n) is 5.28. The maximum Gasteiger partial charge on any atom is 0.335 e. The molecule has 0 radical (unpaired) electrons. The molecule has 0 saturated heterocycles. The summed E-state index contributed by atoms with van der Waals surface area (Å²) >= 11 is 0. The molecule has 1 rings (SSSR count). The smallest absolute Gasteiger partial charge is 0.335 e. The maximum atomic E-state index is 11.1. The highest BCUT2D eigenvalue weighted by Gasteiger charge is 2.10. The molecule has 18 heavy (non-hydrogen) atoms. The Morgan fingerprint density at radius 2 is 1.89 bits per heavy atom. The first-order valence-electron chi connectivity index (χ1n) is 6.41. The lowest BCUT2D eigenvalue weighted by Gasteiger charge is -2.12. The standard InChI is InChI=1S/C15H22O3/c1-10(2)5-6-18-14-8-12(11(3)4)7-13(9-14)15(16)17/h7-11H,5-6H2,1-4H3,(H,16,17). The topological polar surface area (TPSA) is 46.5 Å². The first-order chi connectivity index (χ1) is 8.40. The van der Waals surface area contributed by atoms with E-state index in [1.54, 1.807) is 12.1 Å². The molecule has 3 nitrogen and oxygen atoms in total. The molecule has 0 unspecified atom stereocenters. The van der Waals surface area contributed by atoms with Gasteiger partial charge >= 0.3 is 5.97 Å². The number of rotatable bonds is 6. The van der Waals surface area contributed by atoms with Crippen LogP contribution in [0, 0.1) is 5.92 Å². The lowest BCUT2D eigenvalue weighted by molar-refractivity contribution is 0.0696. The van der Waals surface area contributed by atoms with Gasteiger partial charge in [0.15, 0.2) is 0 Å². The van der Waals surface area contributed by atoms with Crippen LogP contribution < -0.4 is 4.74 Å². The summed E-state index contributed by atoms with van der Waals surface area (Å²) in [6.45, 7) is 8.98. The highest BCUT2D eigenvalue weighted by Crippen LogP contribution is 2.23. The van der Waals surface area contributed by atoms with Crippen molar-refractivity contribution in [2.45, 2.75) is 40.0 Å². The molecule has 3 heteroatoms. The molecule has 0 saturated carbocycles. The van der Waals surface area contributed by atoms with E-state index < -0.39 is 5.97 Å². The Kier molecular flexibility index (Phi) is 5.20. The highest BCUT2D eigenvalue weighted by molar-refractivity contribution is 5.88. The zero-order valence-corrected chi connectivity index (χ0v) is 11.6. The van der Waals surface area contributed by atoms with Crippen LogP contribution in [0.15, 0.2) is 18.2 Å². The van der Waals surface area contributed by atoms with E-state index in [2.05, 4.69) is 13.8 Å². The second-order valence-corrected chi connectivity index (χ2v) is 5.28. The molecule has 0 spiro atoms. The van der Waals surface area contributed by atoms with Crippen LogP contribution in [0.4, 0.5) is 0 Å². The minimum atomic E-state index is -0.911. The van der Waals surface area contributed by atoms with E-state index in [0.717, 1.165) is 12.0 Å². The van der Waals surface area contributed by atoms with Crippen molar-refractivity contribution in [3.63, 3.8) is 0 Å². The van der Waals surface area contributed by atoms with Gasteiger partial charge in [0.2, 0.25) is 0 Å². The number of carboxylic acid groups (broad SMARTS) is 1. The van der Waals surface area contributed by atoms with E-state index >= 15 is 0 Å². The number of benzene rings is 1. The molecule has 1 aromatic rings. The van der Waals surface area contributed by atoms with Gasteiger partial charge in [0.25, 0.3) is 0 Å². The van der Waals surface area contributed by atoms with Gasteiger partial charge in [-0.3, -0.25) is 0 Å². The zero-order chi connectivity index (χ0) is 13.7. The minimum absolute atomic E-state index is 0.289. The molecule has 0 aliphatic carbocycles. The van der Waals surface area contributed by atoms with E-state index in [-0.39, 0.29) is 5.92 Å². The van der Waals surface area contributed by atoms with E-state index in [0.29, 0.717) is 23.8 Å². The summed E-state index contributed by atoms with van der Waals surface area (Å²) in [6, 6.07) is 5.23. The molecule has 0 aliphatic heterocycles. The number of hydrogen-bond donors (Lipinski definition) is 1. The number of carbonyl (C=O) groups is 1. The van der Waals surface area contributed by atoms with Gasteiger partial charge in [0.05, 0.1) is 12.2 Å². The lowest BCUT2D eigenvalue weighted by atomic mass is 10.0. The van der Waals surface area contributed by atoms with Crippen LogP contribution in [0.2, 0.25) is 0 Å². The third-order valence-corrected chi connectivity index (χ3v) is 2.81. The monoisotopic (exact) mass is 250 g/mol. The summed E-state index contributed by atoms with van der Waals surface area (Å²) in [5.41, 5.74) is 1.29. The fraction of sp³-hybridized carbons (Fsp3) is 0.533. The van der Waals surface area contributed by atoms with Gasteiger partial charge in [0.1, 0.15) is 5.75 Å². The molecule has 0 bridgehead atoms. The minimum Gasteiger partial charge on any atom is -0.494 e. The number of aromatic carboxylic acids is 1. The third kappa shape index (κ3) is 4.40. The van der Waals surface area contributed by atoms with Gasteiger partial charge in [-0.1, -0.05) is 27.7 Å². The largest absolute Gasteiger partial charge is 0.494 e. The summed E-state index contributed by atoms with van der Waals surface area (Å²) in [7, 11) is 0. The Hall–Kier alpha value is -1.51. The normalized spacial score (nSPS) is 11.0. The lowest BCUT2D eigenvalue weighted by Crippen LogP contribution is -2.04. The highest BCUT2D eigenvalue weighted by atomic mass is 16.5. The van der Waals surface area contributed by atoms with Gasteiger partial charge in [0, 0.05) is 0 Å². The summed E-state index contributed by atoms with van der Waals surface area (Å²) in [6.07, 6.45) is 0.967. The summed E-state index contributed by atoms with van der Waals surface area (Å²) in [5, 5.41) is 9.07. The van der Waals surface area contributed by atoms with Crippen molar-refractivity contribution in [2.75, 3.05) is 6.61 Å². The Bertz CT molecular complexity index is 408. The van der Waals surface area contributed by atoms with Crippen molar-refractivity contribution in [3.05, 3.63) is 29.3 Å². The average molecular weight is 250 g/mol. The summed E-state index contributed by atoms with van der Waals surface area (Å²) in [4.78, 5) is 11.1. The molecule has 1 N–H and O–H groups in total. The van der Waals surface area contributed by atoms with Gasteiger partial charge in [-0.25, -0.2) is 4.79 Å². The Labute approximate surface area is 109 Å². The average Bonchev–Trinajstić information content (AvgIpc) is 2.28. The molecular formula is C15H22O3. The van der Waals surface area contributed by atoms with Crippen LogP contribution in [0.5, 0.6) is 5.75 Å². The summed E-state index contributed by atoms with van der Waals surface area (Å²) < 4.78 is 5.64. The molecule has 0 atom stereocenters. The predicted molar refractivity (Wildman–Crippen MR) is 72.4 cm³/mol. The van der Waals surface area contributed by atoms with E-state index in [1.807, 2.05) is 19.9 Å².